The van der Waals surface area contributed by atoms with Gasteiger partial charge in [0.2, 0.25) is 0 Å². The van der Waals surface area contributed by atoms with E-state index in [-0.39, 0.29) is 6.04 Å². The van der Waals surface area contributed by atoms with Gasteiger partial charge in [0.05, 0.1) is 19.3 Å². The quantitative estimate of drug-likeness (QED) is 0.643. The second-order valence-corrected chi connectivity index (χ2v) is 2.75. The molecule has 1 aliphatic rings. The molecule has 0 saturated carbocycles. The third-order valence-corrected chi connectivity index (χ3v) is 1.90. The fraction of sp³-hybridized carbons (Fsp3) is 0.500. The van der Waals surface area contributed by atoms with Crippen molar-refractivity contribution < 1.29 is 4.74 Å². The van der Waals surface area contributed by atoms with E-state index in [1.807, 2.05) is 12.4 Å². The van der Waals surface area contributed by atoms with Gasteiger partial charge in [0, 0.05) is 24.5 Å². The zero-order chi connectivity index (χ0) is 8.23. The third-order valence-electron chi connectivity index (χ3n) is 1.90. The van der Waals surface area contributed by atoms with Crippen LogP contribution in [0, 0.1) is 0 Å². The highest BCUT2D eigenvalue weighted by Crippen LogP contribution is 2.12. The Hall–Kier alpha value is -1.00. The van der Waals surface area contributed by atoms with E-state index in [0.717, 1.165) is 18.7 Å². The summed E-state index contributed by atoms with van der Waals surface area (Å²) in [4.78, 5) is 7.91. The molecule has 0 radical (unpaired) electrons. The van der Waals surface area contributed by atoms with E-state index >= 15 is 0 Å². The number of nitrogens with one attached hydrogen (secondary N) is 1. The van der Waals surface area contributed by atoms with Crippen LogP contribution in [0.25, 0.3) is 0 Å². The Kier molecular flexibility index (Phi) is 2.29. The summed E-state index contributed by atoms with van der Waals surface area (Å²) in [6.45, 7) is 2.41. The highest BCUT2D eigenvalue weighted by molar-refractivity contribution is 5.09. The maximum absolute atomic E-state index is 5.32. The molecule has 2 rings (SSSR count). The van der Waals surface area contributed by atoms with Crippen molar-refractivity contribution in [3.63, 3.8) is 0 Å². The van der Waals surface area contributed by atoms with Crippen molar-refractivity contribution in [3.05, 3.63) is 24.3 Å². The summed E-state index contributed by atoms with van der Waals surface area (Å²) in [5.74, 6) is 0. The number of nitrogens with zero attached hydrogens (tertiary/aromatic N) is 2. The van der Waals surface area contributed by atoms with E-state index in [9.17, 15) is 0 Å². The molecular weight excluding hydrogens is 154 g/mol. The first-order chi connectivity index (χ1) is 5.97. The van der Waals surface area contributed by atoms with Gasteiger partial charge in [-0.1, -0.05) is 0 Å². The van der Waals surface area contributed by atoms with Crippen molar-refractivity contribution in [1.29, 1.82) is 0 Å². The van der Waals surface area contributed by atoms with Crippen LogP contribution in [-0.4, -0.2) is 29.7 Å². The summed E-state index contributed by atoms with van der Waals surface area (Å²) in [5.41, 5.74) is 1.09. The predicted octanol–water partition coefficient (Wildman–Crippen LogP) is 0.138. The zero-order valence-electron chi connectivity index (χ0n) is 6.73. The van der Waals surface area contributed by atoms with Gasteiger partial charge in [-0.2, -0.15) is 0 Å². The fourth-order valence-corrected chi connectivity index (χ4v) is 1.27. The normalized spacial score (nSPS) is 23.8. The number of hydrogen-bond donors (Lipinski definition) is 1. The monoisotopic (exact) mass is 165 g/mol. The summed E-state index contributed by atoms with van der Waals surface area (Å²) >= 11 is 0. The average Bonchev–Trinajstić information content (AvgIpc) is 2.21. The minimum atomic E-state index is 0.264. The Labute approximate surface area is 71.0 Å². The van der Waals surface area contributed by atoms with Gasteiger partial charge >= 0.3 is 0 Å². The van der Waals surface area contributed by atoms with Crippen LogP contribution in [0.3, 0.4) is 0 Å². The van der Waals surface area contributed by atoms with E-state index in [2.05, 4.69) is 15.3 Å². The summed E-state index contributed by atoms with van der Waals surface area (Å²) in [6.07, 6.45) is 5.17. The molecular formula is C8H11N3O. The Bertz CT molecular complexity index is 233. The van der Waals surface area contributed by atoms with Crippen molar-refractivity contribution in [2.75, 3.05) is 19.8 Å². The van der Waals surface area contributed by atoms with Crippen LogP contribution >= 0.6 is 0 Å². The molecule has 1 aromatic heterocycles. The van der Waals surface area contributed by atoms with Gasteiger partial charge in [-0.05, 0) is 0 Å². The van der Waals surface area contributed by atoms with Crippen molar-refractivity contribution in [2.45, 2.75) is 6.04 Å². The molecule has 0 aliphatic carbocycles. The van der Waals surface area contributed by atoms with Gasteiger partial charge in [-0.3, -0.25) is 0 Å². The molecule has 0 unspecified atom stereocenters. The van der Waals surface area contributed by atoms with Crippen LogP contribution < -0.4 is 5.32 Å². The van der Waals surface area contributed by atoms with E-state index < -0.39 is 0 Å². The summed E-state index contributed by atoms with van der Waals surface area (Å²) < 4.78 is 5.32. The predicted molar refractivity (Wildman–Crippen MR) is 43.6 cm³/mol. The van der Waals surface area contributed by atoms with Crippen molar-refractivity contribution >= 4 is 0 Å². The van der Waals surface area contributed by atoms with Crippen LogP contribution in [0.5, 0.6) is 0 Å². The largest absolute Gasteiger partial charge is 0.378 e. The molecule has 0 amide bonds. The number of ether oxygens (including phenoxy) is 1. The van der Waals surface area contributed by atoms with Crippen molar-refractivity contribution in [3.8, 4) is 0 Å². The minimum Gasteiger partial charge on any atom is -0.378 e. The lowest BCUT2D eigenvalue weighted by atomic mass is 10.1. The van der Waals surface area contributed by atoms with E-state index in [4.69, 9.17) is 4.74 Å². The second-order valence-electron chi connectivity index (χ2n) is 2.75. The van der Waals surface area contributed by atoms with Gasteiger partial charge in [0.15, 0.2) is 0 Å². The molecule has 1 N–H and O–H groups in total. The Morgan fingerprint density at radius 1 is 1.42 bits per heavy atom. The first-order valence-electron chi connectivity index (χ1n) is 4.03. The smallest absolute Gasteiger partial charge is 0.115 e. The standard InChI is InChI=1S/C8H11N3O/c1-2-12-5-8(11-1)7-3-9-6-10-4-7/h3-4,6,8,11H,1-2,5H2/t8-/m1/s1. The Morgan fingerprint density at radius 3 is 2.92 bits per heavy atom. The van der Waals surface area contributed by atoms with E-state index in [1.165, 1.54) is 6.33 Å². The van der Waals surface area contributed by atoms with E-state index in [1.54, 1.807) is 0 Å². The molecule has 1 atom stereocenters. The van der Waals surface area contributed by atoms with Crippen LogP contribution in [0.4, 0.5) is 0 Å². The van der Waals surface area contributed by atoms with Crippen molar-refractivity contribution in [2.24, 2.45) is 0 Å². The zero-order valence-corrected chi connectivity index (χ0v) is 6.73. The van der Waals surface area contributed by atoms with Gasteiger partial charge in [0.1, 0.15) is 6.33 Å². The molecule has 0 bridgehead atoms. The van der Waals surface area contributed by atoms with Crippen LogP contribution in [-0.2, 0) is 4.74 Å². The maximum atomic E-state index is 5.32. The molecule has 64 valence electrons. The first-order valence-corrected chi connectivity index (χ1v) is 4.03. The molecule has 4 heteroatoms. The molecule has 0 aromatic carbocycles. The molecule has 1 aliphatic heterocycles. The van der Waals surface area contributed by atoms with Crippen molar-refractivity contribution in [1.82, 2.24) is 15.3 Å². The summed E-state index contributed by atoms with van der Waals surface area (Å²) in [7, 11) is 0. The van der Waals surface area contributed by atoms with Gasteiger partial charge < -0.3 is 10.1 Å². The summed E-state index contributed by atoms with van der Waals surface area (Å²) in [6, 6.07) is 0.264. The number of morpholine rings is 1. The SMILES string of the molecule is c1ncc([C@H]2COCCN2)cn1. The lowest BCUT2D eigenvalue weighted by molar-refractivity contribution is 0.0766. The average molecular weight is 165 g/mol. The lowest BCUT2D eigenvalue weighted by Gasteiger charge is -2.23. The topological polar surface area (TPSA) is 47.0 Å². The minimum absolute atomic E-state index is 0.264. The third kappa shape index (κ3) is 1.60. The molecule has 4 nitrogen and oxygen atoms in total. The van der Waals surface area contributed by atoms with Gasteiger partial charge in [-0.15, -0.1) is 0 Å². The number of aromatic nitrogens is 2. The number of rotatable bonds is 1. The molecule has 1 saturated heterocycles. The first kappa shape index (κ1) is 7.64. The van der Waals surface area contributed by atoms with Crippen LogP contribution in [0.2, 0.25) is 0 Å². The Morgan fingerprint density at radius 2 is 2.25 bits per heavy atom. The second kappa shape index (κ2) is 3.60. The molecule has 2 heterocycles. The number of hydrogen-bond acceptors (Lipinski definition) is 4. The van der Waals surface area contributed by atoms with E-state index in [0.29, 0.717) is 6.61 Å². The van der Waals surface area contributed by atoms with Gasteiger partial charge in [-0.25, -0.2) is 9.97 Å². The molecule has 1 aromatic rings. The lowest BCUT2D eigenvalue weighted by Crippen LogP contribution is -2.34. The Balaban J connectivity index is 2.08. The van der Waals surface area contributed by atoms with Gasteiger partial charge in [0.25, 0.3) is 0 Å². The summed E-state index contributed by atoms with van der Waals surface area (Å²) in [5, 5.41) is 3.33. The van der Waals surface area contributed by atoms with Crippen LogP contribution in [0.15, 0.2) is 18.7 Å². The molecule has 1 fully saturated rings. The highest BCUT2D eigenvalue weighted by atomic mass is 16.5. The van der Waals surface area contributed by atoms with Crippen LogP contribution in [0.1, 0.15) is 11.6 Å². The molecule has 12 heavy (non-hydrogen) atoms. The fourth-order valence-electron chi connectivity index (χ4n) is 1.27. The molecule has 0 spiro atoms. The highest BCUT2D eigenvalue weighted by Gasteiger charge is 2.14. The maximum Gasteiger partial charge on any atom is 0.115 e.